The molecule has 0 aliphatic carbocycles. The van der Waals surface area contributed by atoms with E-state index in [4.69, 9.17) is 4.42 Å². The van der Waals surface area contributed by atoms with Gasteiger partial charge in [0.25, 0.3) is 0 Å². The Kier molecular flexibility index (Phi) is 4.01. The maximum atomic E-state index is 12.7. The Morgan fingerprint density at radius 3 is 2.60 bits per heavy atom. The zero-order valence-electron chi connectivity index (χ0n) is 12.1. The highest BCUT2D eigenvalue weighted by atomic mass is 32.2. The van der Waals surface area contributed by atoms with Crippen molar-refractivity contribution in [3.63, 3.8) is 0 Å². The van der Waals surface area contributed by atoms with Gasteiger partial charge >= 0.3 is 0 Å². The van der Waals surface area contributed by atoms with Gasteiger partial charge in [0, 0.05) is 13.6 Å². The Morgan fingerprint density at radius 1 is 1.40 bits per heavy atom. The van der Waals surface area contributed by atoms with Crippen LogP contribution in [0.5, 0.6) is 0 Å². The lowest BCUT2D eigenvalue weighted by atomic mass is 10.4. The van der Waals surface area contributed by atoms with Crippen LogP contribution in [0.2, 0.25) is 0 Å². The molecule has 2 aromatic heterocycles. The summed E-state index contributed by atoms with van der Waals surface area (Å²) in [6.45, 7) is 6.27. The number of hydrogen-bond acceptors (Lipinski definition) is 4. The van der Waals surface area contributed by atoms with Gasteiger partial charge < -0.3 is 4.42 Å². The van der Waals surface area contributed by atoms with E-state index in [9.17, 15) is 8.42 Å². The van der Waals surface area contributed by atoms with E-state index in [1.54, 1.807) is 37.7 Å². The number of aromatic nitrogens is 2. The molecule has 0 aromatic carbocycles. The summed E-state index contributed by atoms with van der Waals surface area (Å²) < 4.78 is 33.5. The van der Waals surface area contributed by atoms with Gasteiger partial charge in [-0.15, -0.1) is 0 Å². The SMILES string of the molecule is CCn1nc(C)c(S(=O)(=O)N(C)Cc2ccco2)c1C. The fourth-order valence-electron chi connectivity index (χ4n) is 2.22. The Labute approximate surface area is 119 Å². The molecule has 0 amide bonds. The summed E-state index contributed by atoms with van der Waals surface area (Å²) in [5.74, 6) is 0.606. The Bertz CT molecular complexity index is 687. The predicted octanol–water partition coefficient (Wildman–Crippen LogP) is 1.93. The van der Waals surface area contributed by atoms with E-state index in [1.165, 1.54) is 10.6 Å². The largest absolute Gasteiger partial charge is 0.468 e. The third kappa shape index (κ3) is 2.51. The molecule has 0 N–H and O–H groups in total. The molecule has 0 unspecified atom stereocenters. The topological polar surface area (TPSA) is 68.3 Å². The molecule has 6 nitrogen and oxygen atoms in total. The molecule has 0 bridgehead atoms. The Hall–Kier alpha value is -1.60. The van der Waals surface area contributed by atoms with Crippen LogP contribution >= 0.6 is 0 Å². The van der Waals surface area contributed by atoms with Crippen LogP contribution in [0.3, 0.4) is 0 Å². The van der Waals surface area contributed by atoms with E-state index >= 15 is 0 Å². The number of rotatable bonds is 5. The van der Waals surface area contributed by atoms with Gasteiger partial charge in [-0.1, -0.05) is 0 Å². The number of nitrogens with zero attached hydrogens (tertiary/aromatic N) is 3. The third-order valence-corrected chi connectivity index (χ3v) is 5.30. The molecular formula is C13H19N3O3S. The monoisotopic (exact) mass is 297 g/mol. The number of sulfonamides is 1. The summed E-state index contributed by atoms with van der Waals surface area (Å²) in [7, 11) is -2.03. The van der Waals surface area contributed by atoms with Crippen LogP contribution in [-0.4, -0.2) is 29.6 Å². The van der Waals surface area contributed by atoms with Crippen molar-refractivity contribution in [1.29, 1.82) is 0 Å². The maximum absolute atomic E-state index is 12.7. The molecule has 110 valence electrons. The fraction of sp³-hybridized carbons (Fsp3) is 0.462. The molecule has 0 aliphatic heterocycles. The molecule has 2 rings (SSSR count). The van der Waals surface area contributed by atoms with Gasteiger partial charge in [0.2, 0.25) is 10.0 Å². The van der Waals surface area contributed by atoms with Crippen molar-refractivity contribution in [3.8, 4) is 0 Å². The molecule has 2 heterocycles. The van der Waals surface area contributed by atoms with Gasteiger partial charge in [0.15, 0.2) is 0 Å². The Balaban J connectivity index is 2.37. The lowest BCUT2D eigenvalue weighted by Gasteiger charge is -2.16. The first kappa shape index (κ1) is 14.8. The highest BCUT2D eigenvalue weighted by Crippen LogP contribution is 2.23. The van der Waals surface area contributed by atoms with E-state index in [2.05, 4.69) is 5.10 Å². The average Bonchev–Trinajstić information content (AvgIpc) is 2.97. The number of furan rings is 1. The lowest BCUT2D eigenvalue weighted by Crippen LogP contribution is -2.27. The highest BCUT2D eigenvalue weighted by molar-refractivity contribution is 7.89. The smallest absolute Gasteiger partial charge is 0.246 e. The van der Waals surface area contributed by atoms with Crippen LogP contribution in [0.4, 0.5) is 0 Å². The van der Waals surface area contributed by atoms with Gasteiger partial charge in [0.1, 0.15) is 10.7 Å². The zero-order chi connectivity index (χ0) is 14.9. The van der Waals surface area contributed by atoms with Crippen molar-refractivity contribution in [2.24, 2.45) is 0 Å². The summed E-state index contributed by atoms with van der Waals surface area (Å²) in [4.78, 5) is 0.286. The molecule has 0 atom stereocenters. The quantitative estimate of drug-likeness (QED) is 0.845. The average molecular weight is 297 g/mol. The van der Waals surface area contributed by atoms with Crippen molar-refractivity contribution >= 4 is 10.0 Å². The van der Waals surface area contributed by atoms with E-state index in [1.807, 2.05) is 6.92 Å². The fourth-order valence-corrected chi connectivity index (χ4v) is 3.73. The lowest BCUT2D eigenvalue weighted by molar-refractivity contribution is 0.406. The first-order valence-electron chi connectivity index (χ1n) is 6.40. The normalized spacial score (nSPS) is 12.2. The van der Waals surface area contributed by atoms with E-state index < -0.39 is 10.0 Å². The van der Waals surface area contributed by atoms with E-state index in [0.717, 1.165) is 0 Å². The predicted molar refractivity (Wildman–Crippen MR) is 74.7 cm³/mol. The van der Waals surface area contributed by atoms with Crippen LogP contribution in [0.1, 0.15) is 24.1 Å². The molecule has 0 saturated heterocycles. The summed E-state index contributed by atoms with van der Waals surface area (Å²) >= 11 is 0. The second kappa shape index (κ2) is 5.41. The number of aryl methyl sites for hydroxylation is 2. The highest BCUT2D eigenvalue weighted by Gasteiger charge is 2.28. The summed E-state index contributed by atoms with van der Waals surface area (Å²) in [5, 5.41) is 4.26. The van der Waals surface area contributed by atoms with E-state index in [0.29, 0.717) is 23.7 Å². The van der Waals surface area contributed by atoms with Gasteiger partial charge in [-0.25, -0.2) is 8.42 Å². The molecular weight excluding hydrogens is 278 g/mol. The van der Waals surface area contributed by atoms with E-state index in [-0.39, 0.29) is 11.4 Å². The van der Waals surface area contributed by atoms with Gasteiger partial charge in [0.05, 0.1) is 24.2 Å². The molecule has 2 aromatic rings. The summed E-state index contributed by atoms with van der Waals surface area (Å²) in [6.07, 6.45) is 1.53. The molecule has 20 heavy (non-hydrogen) atoms. The van der Waals surface area contributed by atoms with Crippen LogP contribution in [-0.2, 0) is 23.1 Å². The summed E-state index contributed by atoms with van der Waals surface area (Å²) in [6, 6.07) is 3.49. The third-order valence-electron chi connectivity index (χ3n) is 3.24. The molecule has 0 spiro atoms. The molecule has 7 heteroatoms. The van der Waals surface area contributed by atoms with Gasteiger partial charge in [-0.2, -0.15) is 9.40 Å². The van der Waals surface area contributed by atoms with Crippen molar-refractivity contribution in [1.82, 2.24) is 14.1 Å². The second-order valence-corrected chi connectivity index (χ2v) is 6.64. The minimum Gasteiger partial charge on any atom is -0.468 e. The van der Waals surface area contributed by atoms with Crippen molar-refractivity contribution < 1.29 is 12.8 Å². The summed E-state index contributed by atoms with van der Waals surface area (Å²) in [5.41, 5.74) is 1.19. The van der Waals surface area contributed by atoms with Crippen LogP contribution in [0, 0.1) is 13.8 Å². The van der Waals surface area contributed by atoms with Crippen LogP contribution in [0.15, 0.2) is 27.7 Å². The molecule has 0 aliphatic rings. The minimum absolute atomic E-state index is 0.200. The standard InChI is InChI=1S/C13H19N3O3S/c1-5-16-11(3)13(10(2)14-16)20(17,18)15(4)9-12-7-6-8-19-12/h6-8H,5,9H2,1-4H3. The van der Waals surface area contributed by atoms with Crippen molar-refractivity contribution in [3.05, 3.63) is 35.5 Å². The van der Waals surface area contributed by atoms with Gasteiger partial charge in [-0.05, 0) is 32.9 Å². The van der Waals surface area contributed by atoms with Crippen LogP contribution < -0.4 is 0 Å². The zero-order valence-corrected chi connectivity index (χ0v) is 12.9. The molecule has 0 radical (unpaired) electrons. The van der Waals surface area contributed by atoms with Crippen molar-refractivity contribution in [2.75, 3.05) is 7.05 Å². The Morgan fingerprint density at radius 2 is 2.10 bits per heavy atom. The first-order valence-corrected chi connectivity index (χ1v) is 7.84. The molecule has 0 saturated carbocycles. The first-order chi connectivity index (χ1) is 9.37. The van der Waals surface area contributed by atoms with Gasteiger partial charge in [-0.3, -0.25) is 4.68 Å². The minimum atomic E-state index is -3.58. The van der Waals surface area contributed by atoms with Crippen LogP contribution in [0.25, 0.3) is 0 Å². The molecule has 0 fully saturated rings. The second-order valence-electron chi connectivity index (χ2n) is 4.66. The van der Waals surface area contributed by atoms with Crippen molar-refractivity contribution in [2.45, 2.75) is 38.8 Å². The number of hydrogen-bond donors (Lipinski definition) is 0. The maximum Gasteiger partial charge on any atom is 0.246 e.